The number of aryl methyl sites for hydroxylation is 1. The molecule has 3 aromatic rings. The van der Waals surface area contributed by atoms with E-state index in [9.17, 15) is 18.5 Å². The lowest BCUT2D eigenvalue weighted by Gasteiger charge is -2.20. The summed E-state index contributed by atoms with van der Waals surface area (Å²) < 4.78 is 35.6. The van der Waals surface area contributed by atoms with Crippen LogP contribution in [0.1, 0.15) is 29.5 Å². The van der Waals surface area contributed by atoms with Gasteiger partial charge in [0.05, 0.1) is 30.0 Å². The molecule has 3 rings (SSSR count). The summed E-state index contributed by atoms with van der Waals surface area (Å²) in [7, 11) is -1.84. The van der Waals surface area contributed by atoms with Crippen LogP contribution in [0.15, 0.2) is 60.7 Å². The number of hydrogen-bond acceptors (Lipinski definition) is 6. The molecule has 0 heterocycles. The molecule has 0 radical (unpaired) electrons. The van der Waals surface area contributed by atoms with E-state index in [0.717, 1.165) is 11.1 Å². The predicted octanol–water partition coefficient (Wildman–Crippen LogP) is 5.35. The van der Waals surface area contributed by atoms with Gasteiger partial charge in [-0.1, -0.05) is 42.5 Å². The number of nitrogens with zero attached hydrogens (tertiary/aromatic N) is 1. The number of nitro benzene ring substituents is 1. The van der Waals surface area contributed by atoms with Gasteiger partial charge in [-0.05, 0) is 55.2 Å². The van der Waals surface area contributed by atoms with Crippen LogP contribution in [0.5, 0.6) is 11.5 Å². The summed E-state index contributed by atoms with van der Waals surface area (Å²) >= 11 is 0. The lowest BCUT2D eigenvalue weighted by molar-refractivity contribution is -0.384. The average Bonchev–Trinajstić information content (AvgIpc) is 2.78. The highest BCUT2D eigenvalue weighted by Crippen LogP contribution is 2.38. The fraction of sp³-hybridized carbons (Fsp3) is 0.308. The molecule has 0 bridgehead atoms. The third-order valence-corrected chi connectivity index (χ3v) is 6.67. The molecule has 3 aromatic carbocycles. The number of nitro groups is 1. The Labute approximate surface area is 200 Å². The number of sulfone groups is 1. The van der Waals surface area contributed by atoms with Crippen LogP contribution in [0.3, 0.4) is 0 Å². The van der Waals surface area contributed by atoms with Crippen LogP contribution in [-0.4, -0.2) is 39.1 Å². The average molecular weight is 484 g/mol. The Balaban J connectivity index is 2.13. The van der Waals surface area contributed by atoms with Gasteiger partial charge in [0.25, 0.3) is 5.69 Å². The van der Waals surface area contributed by atoms with Crippen LogP contribution in [0.2, 0.25) is 0 Å². The Bertz CT molecular complexity index is 1290. The normalized spacial score (nSPS) is 12.2. The van der Waals surface area contributed by atoms with Crippen LogP contribution in [0, 0.1) is 17.0 Å². The Morgan fingerprint density at radius 3 is 2.32 bits per heavy atom. The second-order valence-electron chi connectivity index (χ2n) is 8.22. The minimum absolute atomic E-state index is 0.00570. The molecule has 0 aromatic heterocycles. The highest BCUT2D eigenvalue weighted by molar-refractivity contribution is 7.90. The molecule has 0 aliphatic carbocycles. The maximum absolute atomic E-state index is 12.3. The van der Waals surface area contributed by atoms with Crippen LogP contribution in [0.25, 0.3) is 11.1 Å². The van der Waals surface area contributed by atoms with Crippen molar-refractivity contribution >= 4 is 15.5 Å². The molecular formula is C26H29NO6S. The summed E-state index contributed by atoms with van der Waals surface area (Å²) in [6, 6.07) is 18.0. The van der Waals surface area contributed by atoms with E-state index in [1.165, 1.54) is 13.4 Å². The summed E-state index contributed by atoms with van der Waals surface area (Å²) in [5.74, 6) is 0.378. The Morgan fingerprint density at radius 1 is 1.00 bits per heavy atom. The van der Waals surface area contributed by atoms with Crippen molar-refractivity contribution in [2.24, 2.45) is 0 Å². The molecule has 0 unspecified atom stereocenters. The number of hydrogen-bond donors (Lipinski definition) is 0. The lowest BCUT2D eigenvalue weighted by Crippen LogP contribution is -2.17. The third-order valence-electron chi connectivity index (χ3n) is 5.67. The Morgan fingerprint density at radius 2 is 1.71 bits per heavy atom. The molecule has 0 aliphatic heterocycles. The van der Waals surface area contributed by atoms with Gasteiger partial charge in [0, 0.05) is 17.7 Å². The van der Waals surface area contributed by atoms with Crippen LogP contribution >= 0.6 is 0 Å². The standard InChI is InChI=1S/C26H29NO6S/c1-5-33-25-16-19(13-14-24(25)32-3)21(17-34(4,30)31)15-20-10-8-12-23(26(20)27(28)29)22-11-7-6-9-18(22)2/h6-14,16,21H,5,15,17H2,1-4H3/t21-/m1/s1. The Hall–Kier alpha value is -3.39. The second-order valence-corrected chi connectivity index (χ2v) is 10.4. The molecule has 7 nitrogen and oxygen atoms in total. The summed E-state index contributed by atoms with van der Waals surface area (Å²) in [4.78, 5) is 11.8. The van der Waals surface area contributed by atoms with E-state index in [1.54, 1.807) is 36.4 Å². The first-order valence-electron chi connectivity index (χ1n) is 10.9. The fourth-order valence-electron chi connectivity index (χ4n) is 4.18. The SMILES string of the molecule is CCOc1cc([C@H](Cc2cccc(-c3ccccc3C)c2[N+](=O)[O-])CS(C)(=O)=O)ccc1OC. The van der Waals surface area contributed by atoms with E-state index in [-0.39, 0.29) is 22.8 Å². The quantitative estimate of drug-likeness (QED) is 0.285. The number of ether oxygens (including phenoxy) is 2. The zero-order valence-corrected chi connectivity index (χ0v) is 20.6. The molecule has 34 heavy (non-hydrogen) atoms. The van der Waals surface area contributed by atoms with Crippen molar-refractivity contribution in [3.8, 4) is 22.6 Å². The number of methoxy groups -OCH3 is 1. The molecular weight excluding hydrogens is 454 g/mol. The van der Waals surface area contributed by atoms with Crippen molar-refractivity contribution in [2.45, 2.75) is 26.2 Å². The second kappa shape index (κ2) is 10.7. The molecule has 0 fully saturated rings. The zero-order chi connectivity index (χ0) is 24.9. The van der Waals surface area contributed by atoms with Gasteiger partial charge in [-0.2, -0.15) is 0 Å². The molecule has 1 atom stereocenters. The largest absolute Gasteiger partial charge is 0.493 e. The third kappa shape index (κ3) is 5.94. The van der Waals surface area contributed by atoms with Crippen molar-refractivity contribution in [3.05, 3.63) is 87.5 Å². The summed E-state index contributed by atoms with van der Waals surface area (Å²) in [6.07, 6.45) is 1.35. The van der Waals surface area contributed by atoms with E-state index in [0.29, 0.717) is 34.8 Å². The van der Waals surface area contributed by atoms with Crippen LogP contribution < -0.4 is 9.47 Å². The Kier molecular flexibility index (Phi) is 7.94. The van der Waals surface area contributed by atoms with Crippen molar-refractivity contribution in [1.82, 2.24) is 0 Å². The number of benzene rings is 3. The van der Waals surface area contributed by atoms with E-state index < -0.39 is 15.8 Å². The van der Waals surface area contributed by atoms with E-state index in [4.69, 9.17) is 9.47 Å². The van der Waals surface area contributed by atoms with Crippen LogP contribution in [-0.2, 0) is 16.3 Å². The van der Waals surface area contributed by atoms with Gasteiger partial charge in [-0.25, -0.2) is 8.42 Å². The van der Waals surface area contributed by atoms with Crippen molar-refractivity contribution in [1.29, 1.82) is 0 Å². The minimum Gasteiger partial charge on any atom is -0.493 e. The summed E-state index contributed by atoms with van der Waals surface area (Å²) in [6.45, 7) is 4.17. The molecule has 0 amide bonds. The molecule has 180 valence electrons. The van der Waals surface area contributed by atoms with Gasteiger partial charge in [0.15, 0.2) is 11.5 Å². The molecule has 0 N–H and O–H groups in total. The smallest absolute Gasteiger partial charge is 0.280 e. The van der Waals surface area contributed by atoms with Crippen molar-refractivity contribution in [2.75, 3.05) is 25.7 Å². The zero-order valence-electron chi connectivity index (χ0n) is 19.8. The van der Waals surface area contributed by atoms with Crippen LogP contribution in [0.4, 0.5) is 5.69 Å². The number of para-hydroxylation sites is 1. The monoisotopic (exact) mass is 483 g/mol. The van der Waals surface area contributed by atoms with Gasteiger partial charge >= 0.3 is 0 Å². The van der Waals surface area contributed by atoms with E-state index in [1.807, 2.05) is 38.1 Å². The van der Waals surface area contributed by atoms with Gasteiger partial charge < -0.3 is 9.47 Å². The molecule has 0 saturated carbocycles. The topological polar surface area (TPSA) is 95.7 Å². The van der Waals surface area contributed by atoms with Gasteiger partial charge in [-0.15, -0.1) is 0 Å². The van der Waals surface area contributed by atoms with E-state index >= 15 is 0 Å². The maximum Gasteiger partial charge on any atom is 0.280 e. The molecule has 0 saturated heterocycles. The first-order chi connectivity index (χ1) is 16.1. The van der Waals surface area contributed by atoms with Crippen molar-refractivity contribution in [3.63, 3.8) is 0 Å². The van der Waals surface area contributed by atoms with Gasteiger partial charge in [-0.3, -0.25) is 10.1 Å². The van der Waals surface area contributed by atoms with Gasteiger partial charge in [0.2, 0.25) is 0 Å². The maximum atomic E-state index is 12.3. The lowest BCUT2D eigenvalue weighted by atomic mass is 9.89. The fourth-order valence-corrected chi connectivity index (χ4v) is 5.22. The summed E-state index contributed by atoms with van der Waals surface area (Å²) in [5, 5.41) is 12.2. The molecule has 8 heteroatoms. The molecule has 0 aliphatic rings. The first-order valence-corrected chi connectivity index (χ1v) is 13.0. The van der Waals surface area contributed by atoms with E-state index in [2.05, 4.69) is 0 Å². The highest BCUT2D eigenvalue weighted by Gasteiger charge is 2.27. The predicted molar refractivity (Wildman–Crippen MR) is 134 cm³/mol. The highest BCUT2D eigenvalue weighted by atomic mass is 32.2. The minimum atomic E-state index is -3.38. The number of rotatable bonds is 10. The summed E-state index contributed by atoms with van der Waals surface area (Å²) in [5.41, 5.74) is 3.40. The van der Waals surface area contributed by atoms with Crippen molar-refractivity contribution < 1.29 is 22.8 Å². The first kappa shape index (κ1) is 25.2. The van der Waals surface area contributed by atoms with Gasteiger partial charge in [0.1, 0.15) is 9.84 Å². The molecule has 0 spiro atoms.